The van der Waals surface area contributed by atoms with Crippen molar-refractivity contribution in [3.63, 3.8) is 0 Å². The zero-order valence-electron chi connectivity index (χ0n) is 27.2. The quantitative estimate of drug-likeness (QED) is 0.151. The second-order valence-corrected chi connectivity index (χ2v) is 13.3. The molecule has 0 heterocycles. The summed E-state index contributed by atoms with van der Waals surface area (Å²) >= 11 is 0. The van der Waals surface area contributed by atoms with Crippen LogP contribution in [-0.4, -0.2) is 72.7 Å². The van der Waals surface area contributed by atoms with Crippen LogP contribution in [0, 0.1) is 0 Å². The molecule has 6 heteroatoms. The lowest BCUT2D eigenvalue weighted by atomic mass is 9.95. The van der Waals surface area contributed by atoms with Crippen LogP contribution in [0.3, 0.4) is 0 Å². The third-order valence-electron chi connectivity index (χ3n) is 6.30. The minimum absolute atomic E-state index is 0.0953. The summed E-state index contributed by atoms with van der Waals surface area (Å²) in [5.74, 6) is 0. The molecular formula is C31H64O6. The molecular weight excluding hydrogens is 468 g/mol. The van der Waals surface area contributed by atoms with Gasteiger partial charge in [-0.05, 0) is 103 Å². The molecule has 0 N–H and O–H groups in total. The summed E-state index contributed by atoms with van der Waals surface area (Å²) in [5.41, 5.74) is -1.04. The molecule has 224 valence electrons. The van der Waals surface area contributed by atoms with Crippen LogP contribution in [0.5, 0.6) is 0 Å². The molecule has 5 atom stereocenters. The van der Waals surface area contributed by atoms with Gasteiger partial charge in [0.25, 0.3) is 0 Å². The maximum Gasteiger partial charge on any atom is 0.105 e. The Labute approximate surface area is 230 Å². The minimum atomic E-state index is -0.388. The topological polar surface area (TPSA) is 55.4 Å². The molecule has 0 bridgehead atoms. The van der Waals surface area contributed by atoms with E-state index in [9.17, 15) is 0 Å². The molecule has 0 amide bonds. The Bertz CT molecular complexity index is 588. The molecule has 0 aromatic carbocycles. The normalized spacial score (nSPS) is 18.3. The standard InChI is InChI=1S/C31H64O6/c1-16-31(15,19-27(10)36-24(6)7)33-21-28(37-30(13,14)18-26(9)35-23(4)5)20-32-29(11,12)17-25(8)34-22(2)3/h22-28H,16-21H2,1-15H3. The summed E-state index contributed by atoms with van der Waals surface area (Å²) in [6.45, 7) is 32.5. The van der Waals surface area contributed by atoms with Crippen LogP contribution in [-0.2, 0) is 28.4 Å². The van der Waals surface area contributed by atoms with Gasteiger partial charge in [-0.25, -0.2) is 0 Å². The van der Waals surface area contributed by atoms with Gasteiger partial charge in [-0.3, -0.25) is 0 Å². The first-order valence-corrected chi connectivity index (χ1v) is 14.7. The van der Waals surface area contributed by atoms with Crippen molar-refractivity contribution in [2.24, 2.45) is 0 Å². The van der Waals surface area contributed by atoms with Crippen molar-refractivity contribution >= 4 is 0 Å². The fourth-order valence-electron chi connectivity index (χ4n) is 5.12. The third-order valence-corrected chi connectivity index (χ3v) is 6.30. The first kappa shape index (κ1) is 36.8. The van der Waals surface area contributed by atoms with E-state index in [-0.39, 0.29) is 59.5 Å². The van der Waals surface area contributed by atoms with Gasteiger partial charge in [0.05, 0.1) is 66.6 Å². The van der Waals surface area contributed by atoms with Gasteiger partial charge in [0.15, 0.2) is 0 Å². The maximum atomic E-state index is 6.67. The lowest BCUT2D eigenvalue weighted by Crippen LogP contribution is -2.43. The summed E-state index contributed by atoms with van der Waals surface area (Å²) in [7, 11) is 0. The Hall–Kier alpha value is -0.240. The predicted octanol–water partition coefficient (Wildman–Crippen LogP) is 7.74. The predicted molar refractivity (Wildman–Crippen MR) is 155 cm³/mol. The summed E-state index contributed by atoms with van der Waals surface area (Å²) in [6.07, 6.45) is 4.00. The molecule has 0 rings (SSSR count). The lowest BCUT2D eigenvalue weighted by molar-refractivity contribution is -0.185. The SMILES string of the molecule is CCC(C)(CC(C)OC(C)C)OCC(COC(C)(C)CC(C)OC(C)C)OC(C)(C)CC(C)OC(C)C. The molecule has 0 saturated carbocycles. The summed E-state index contributed by atoms with van der Waals surface area (Å²) in [6, 6.07) is 0. The Morgan fingerprint density at radius 2 is 0.892 bits per heavy atom. The van der Waals surface area contributed by atoms with E-state index in [1.807, 2.05) is 0 Å². The van der Waals surface area contributed by atoms with Gasteiger partial charge in [-0.2, -0.15) is 0 Å². The fourth-order valence-corrected chi connectivity index (χ4v) is 5.12. The van der Waals surface area contributed by atoms with E-state index in [2.05, 4.69) is 104 Å². The molecule has 0 aromatic heterocycles. The summed E-state index contributed by atoms with van der Waals surface area (Å²) in [5, 5.41) is 0. The lowest BCUT2D eigenvalue weighted by Gasteiger charge is -2.38. The second-order valence-electron chi connectivity index (χ2n) is 13.3. The van der Waals surface area contributed by atoms with Crippen LogP contribution in [0.1, 0.15) is 130 Å². The monoisotopic (exact) mass is 532 g/mol. The van der Waals surface area contributed by atoms with Gasteiger partial charge in [0, 0.05) is 19.3 Å². The highest BCUT2D eigenvalue weighted by atomic mass is 16.6. The van der Waals surface area contributed by atoms with Crippen LogP contribution < -0.4 is 0 Å². The van der Waals surface area contributed by atoms with Crippen molar-refractivity contribution in [1.29, 1.82) is 0 Å². The molecule has 0 aliphatic heterocycles. The molecule has 37 heavy (non-hydrogen) atoms. The van der Waals surface area contributed by atoms with Crippen molar-refractivity contribution in [3.8, 4) is 0 Å². The van der Waals surface area contributed by atoms with E-state index in [1.54, 1.807) is 0 Å². The Morgan fingerprint density at radius 1 is 0.514 bits per heavy atom. The molecule has 6 nitrogen and oxygen atoms in total. The largest absolute Gasteiger partial charge is 0.376 e. The van der Waals surface area contributed by atoms with Crippen molar-refractivity contribution in [1.82, 2.24) is 0 Å². The van der Waals surface area contributed by atoms with Crippen molar-refractivity contribution in [2.45, 2.75) is 189 Å². The van der Waals surface area contributed by atoms with Gasteiger partial charge in [0.2, 0.25) is 0 Å². The second kappa shape index (κ2) is 16.8. The fraction of sp³-hybridized carbons (Fsp3) is 1.00. The zero-order chi connectivity index (χ0) is 29.0. The average Bonchev–Trinajstić information content (AvgIpc) is 2.66. The van der Waals surface area contributed by atoms with E-state index < -0.39 is 0 Å². The van der Waals surface area contributed by atoms with E-state index >= 15 is 0 Å². The van der Waals surface area contributed by atoms with Gasteiger partial charge >= 0.3 is 0 Å². The Balaban J connectivity index is 5.44. The first-order valence-electron chi connectivity index (χ1n) is 14.7. The molecule has 0 aliphatic rings. The Morgan fingerprint density at radius 3 is 1.30 bits per heavy atom. The van der Waals surface area contributed by atoms with Crippen molar-refractivity contribution in [2.75, 3.05) is 13.2 Å². The van der Waals surface area contributed by atoms with Crippen molar-refractivity contribution in [3.05, 3.63) is 0 Å². The van der Waals surface area contributed by atoms with E-state index in [4.69, 9.17) is 28.4 Å². The van der Waals surface area contributed by atoms with Gasteiger partial charge in [-0.15, -0.1) is 0 Å². The molecule has 0 fully saturated rings. The highest BCUT2D eigenvalue weighted by Gasteiger charge is 2.33. The summed E-state index contributed by atoms with van der Waals surface area (Å²) < 4.78 is 37.6. The minimum Gasteiger partial charge on any atom is -0.376 e. The first-order chi connectivity index (χ1) is 16.8. The highest BCUT2D eigenvalue weighted by molar-refractivity contribution is 4.81. The van der Waals surface area contributed by atoms with Crippen LogP contribution in [0.15, 0.2) is 0 Å². The van der Waals surface area contributed by atoms with E-state index in [1.165, 1.54) is 0 Å². The van der Waals surface area contributed by atoms with E-state index in [0.717, 1.165) is 25.7 Å². The molecule has 0 spiro atoms. The molecule has 5 unspecified atom stereocenters. The summed E-state index contributed by atoms with van der Waals surface area (Å²) in [4.78, 5) is 0. The molecule has 0 radical (unpaired) electrons. The van der Waals surface area contributed by atoms with Crippen LogP contribution >= 0.6 is 0 Å². The number of hydrogen-bond acceptors (Lipinski definition) is 6. The van der Waals surface area contributed by atoms with Crippen LogP contribution in [0.2, 0.25) is 0 Å². The van der Waals surface area contributed by atoms with Gasteiger partial charge in [0.1, 0.15) is 6.10 Å². The van der Waals surface area contributed by atoms with Crippen LogP contribution in [0.25, 0.3) is 0 Å². The third kappa shape index (κ3) is 18.6. The molecule has 0 aliphatic carbocycles. The number of rotatable bonds is 21. The smallest absolute Gasteiger partial charge is 0.105 e. The van der Waals surface area contributed by atoms with Crippen molar-refractivity contribution < 1.29 is 28.4 Å². The zero-order valence-corrected chi connectivity index (χ0v) is 27.2. The number of hydrogen-bond donors (Lipinski definition) is 0. The molecule has 0 saturated heterocycles. The van der Waals surface area contributed by atoms with E-state index in [0.29, 0.717) is 13.2 Å². The highest BCUT2D eigenvalue weighted by Crippen LogP contribution is 2.28. The van der Waals surface area contributed by atoms with Gasteiger partial charge in [-0.1, -0.05) is 6.92 Å². The molecule has 0 aromatic rings. The Kier molecular flexibility index (Phi) is 16.7. The maximum absolute atomic E-state index is 6.67. The number of ether oxygens (including phenoxy) is 6. The van der Waals surface area contributed by atoms with Crippen LogP contribution in [0.4, 0.5) is 0 Å². The average molecular weight is 533 g/mol. The van der Waals surface area contributed by atoms with Gasteiger partial charge < -0.3 is 28.4 Å².